The van der Waals surface area contributed by atoms with Crippen molar-refractivity contribution in [2.45, 2.75) is 20.3 Å². The summed E-state index contributed by atoms with van der Waals surface area (Å²) in [5.74, 6) is 3.10. The van der Waals surface area contributed by atoms with E-state index < -0.39 is 0 Å². The average molecular weight is 383 g/mol. The van der Waals surface area contributed by atoms with Gasteiger partial charge in [0.15, 0.2) is 0 Å². The SMILES string of the molecule is COc1ccccc1CCNc1cc(Nc2cc(Cl)ccc2C)nc(C)n1. The lowest BCUT2D eigenvalue weighted by atomic mass is 10.1. The molecule has 6 heteroatoms. The molecular weight excluding hydrogens is 360 g/mol. The van der Waals surface area contributed by atoms with E-state index in [0.29, 0.717) is 10.8 Å². The van der Waals surface area contributed by atoms with Gasteiger partial charge in [0, 0.05) is 23.3 Å². The molecule has 5 nitrogen and oxygen atoms in total. The second-order valence-electron chi connectivity index (χ2n) is 6.26. The van der Waals surface area contributed by atoms with E-state index in [4.69, 9.17) is 16.3 Å². The van der Waals surface area contributed by atoms with E-state index in [0.717, 1.165) is 47.2 Å². The standard InChI is InChI=1S/C21H23ClN4O/c1-14-8-9-17(22)12-18(14)26-21-13-20(24-15(2)25-21)23-11-10-16-6-4-5-7-19(16)27-3/h4-9,12-13H,10-11H2,1-3H3,(H2,23,24,25,26). The Kier molecular flexibility index (Phi) is 6.14. The van der Waals surface area contributed by atoms with Crippen LogP contribution in [0.25, 0.3) is 0 Å². The quantitative estimate of drug-likeness (QED) is 0.591. The second kappa shape index (κ2) is 8.73. The van der Waals surface area contributed by atoms with E-state index in [-0.39, 0.29) is 0 Å². The molecule has 2 N–H and O–H groups in total. The predicted molar refractivity (Wildman–Crippen MR) is 111 cm³/mol. The number of nitrogens with one attached hydrogen (secondary N) is 2. The van der Waals surface area contributed by atoms with Gasteiger partial charge in [0.05, 0.1) is 7.11 Å². The third kappa shape index (κ3) is 5.11. The van der Waals surface area contributed by atoms with Gasteiger partial charge in [-0.2, -0.15) is 0 Å². The van der Waals surface area contributed by atoms with Crippen LogP contribution in [-0.2, 0) is 6.42 Å². The Labute approximate surface area is 164 Å². The van der Waals surface area contributed by atoms with Gasteiger partial charge in [-0.3, -0.25) is 0 Å². The van der Waals surface area contributed by atoms with Crippen molar-refractivity contribution in [3.05, 3.63) is 70.5 Å². The summed E-state index contributed by atoms with van der Waals surface area (Å²) < 4.78 is 5.40. The number of aromatic nitrogens is 2. The molecule has 140 valence electrons. The van der Waals surface area contributed by atoms with Crippen LogP contribution in [0, 0.1) is 13.8 Å². The highest BCUT2D eigenvalue weighted by atomic mass is 35.5. The van der Waals surface area contributed by atoms with Gasteiger partial charge in [-0.1, -0.05) is 35.9 Å². The topological polar surface area (TPSA) is 59.1 Å². The van der Waals surface area contributed by atoms with E-state index in [1.807, 2.05) is 56.3 Å². The molecule has 0 atom stereocenters. The van der Waals surface area contributed by atoms with Crippen molar-refractivity contribution in [1.29, 1.82) is 0 Å². The first-order valence-electron chi connectivity index (χ1n) is 8.80. The molecule has 0 spiro atoms. The summed E-state index contributed by atoms with van der Waals surface area (Å²) in [6, 6.07) is 15.7. The summed E-state index contributed by atoms with van der Waals surface area (Å²) in [6.07, 6.45) is 0.837. The van der Waals surface area contributed by atoms with Crippen molar-refractivity contribution in [1.82, 2.24) is 9.97 Å². The molecule has 2 aromatic carbocycles. The van der Waals surface area contributed by atoms with Crippen molar-refractivity contribution in [3.63, 3.8) is 0 Å². The lowest BCUT2D eigenvalue weighted by molar-refractivity contribution is 0.410. The lowest BCUT2D eigenvalue weighted by Crippen LogP contribution is -2.09. The van der Waals surface area contributed by atoms with E-state index >= 15 is 0 Å². The van der Waals surface area contributed by atoms with Crippen LogP contribution in [0.4, 0.5) is 17.3 Å². The Bertz CT molecular complexity index is 930. The van der Waals surface area contributed by atoms with Gasteiger partial charge in [-0.05, 0) is 49.6 Å². The van der Waals surface area contributed by atoms with Crippen molar-refractivity contribution in [3.8, 4) is 5.75 Å². The number of para-hydroxylation sites is 1. The zero-order valence-electron chi connectivity index (χ0n) is 15.7. The molecule has 0 aliphatic heterocycles. The van der Waals surface area contributed by atoms with E-state index in [1.165, 1.54) is 0 Å². The van der Waals surface area contributed by atoms with Gasteiger partial charge >= 0.3 is 0 Å². The number of aryl methyl sites for hydroxylation is 2. The van der Waals surface area contributed by atoms with Gasteiger partial charge < -0.3 is 15.4 Å². The average Bonchev–Trinajstić information content (AvgIpc) is 2.65. The van der Waals surface area contributed by atoms with E-state index in [2.05, 4.69) is 26.7 Å². The lowest BCUT2D eigenvalue weighted by Gasteiger charge is -2.13. The maximum atomic E-state index is 6.10. The fourth-order valence-corrected chi connectivity index (χ4v) is 3.00. The number of rotatable bonds is 7. The maximum absolute atomic E-state index is 6.10. The first-order chi connectivity index (χ1) is 13.0. The number of anilines is 3. The number of methoxy groups -OCH3 is 1. The normalized spacial score (nSPS) is 10.5. The molecule has 0 aliphatic rings. The Morgan fingerprint density at radius 3 is 2.59 bits per heavy atom. The Hall–Kier alpha value is -2.79. The number of hydrogen-bond donors (Lipinski definition) is 2. The van der Waals surface area contributed by atoms with Crippen molar-refractivity contribution >= 4 is 28.9 Å². The van der Waals surface area contributed by atoms with Gasteiger partial charge in [-0.15, -0.1) is 0 Å². The number of hydrogen-bond acceptors (Lipinski definition) is 5. The minimum atomic E-state index is 0.684. The van der Waals surface area contributed by atoms with Crippen molar-refractivity contribution in [2.75, 3.05) is 24.3 Å². The molecule has 0 unspecified atom stereocenters. The predicted octanol–water partition coefficient (Wildman–Crippen LogP) is 5.15. The molecule has 27 heavy (non-hydrogen) atoms. The summed E-state index contributed by atoms with van der Waals surface area (Å²) in [4.78, 5) is 8.94. The van der Waals surface area contributed by atoms with Crippen LogP contribution in [0.5, 0.6) is 5.75 Å². The molecule has 0 bridgehead atoms. The Balaban J connectivity index is 1.69. The van der Waals surface area contributed by atoms with Crippen LogP contribution in [0.2, 0.25) is 5.02 Å². The summed E-state index contributed by atoms with van der Waals surface area (Å²) in [5.41, 5.74) is 3.19. The molecular formula is C21H23ClN4O. The fraction of sp³-hybridized carbons (Fsp3) is 0.238. The molecule has 0 aliphatic carbocycles. The van der Waals surface area contributed by atoms with E-state index in [1.54, 1.807) is 7.11 Å². The number of nitrogens with zero attached hydrogens (tertiary/aromatic N) is 2. The van der Waals surface area contributed by atoms with Gasteiger partial charge in [0.2, 0.25) is 0 Å². The van der Waals surface area contributed by atoms with E-state index in [9.17, 15) is 0 Å². The monoisotopic (exact) mass is 382 g/mol. The third-order valence-electron chi connectivity index (χ3n) is 4.19. The molecule has 3 aromatic rings. The number of benzene rings is 2. The van der Waals surface area contributed by atoms with Gasteiger partial charge in [0.25, 0.3) is 0 Å². The molecule has 0 amide bonds. The highest BCUT2D eigenvalue weighted by Gasteiger charge is 2.06. The van der Waals surface area contributed by atoms with Crippen LogP contribution < -0.4 is 15.4 Å². The zero-order valence-corrected chi connectivity index (χ0v) is 16.5. The molecule has 1 heterocycles. The minimum absolute atomic E-state index is 0.684. The van der Waals surface area contributed by atoms with Crippen LogP contribution in [0.3, 0.4) is 0 Å². The summed E-state index contributed by atoms with van der Waals surface area (Å²) in [6.45, 7) is 4.65. The molecule has 1 aromatic heterocycles. The molecule has 0 saturated heterocycles. The van der Waals surface area contributed by atoms with Crippen LogP contribution in [-0.4, -0.2) is 23.6 Å². The Morgan fingerprint density at radius 2 is 1.78 bits per heavy atom. The molecule has 3 rings (SSSR count). The third-order valence-corrected chi connectivity index (χ3v) is 4.43. The smallest absolute Gasteiger partial charge is 0.136 e. The highest BCUT2D eigenvalue weighted by molar-refractivity contribution is 6.30. The Morgan fingerprint density at radius 1 is 1.00 bits per heavy atom. The summed E-state index contributed by atoms with van der Waals surface area (Å²) >= 11 is 6.10. The summed E-state index contributed by atoms with van der Waals surface area (Å²) in [7, 11) is 1.69. The minimum Gasteiger partial charge on any atom is -0.496 e. The van der Waals surface area contributed by atoms with Crippen LogP contribution in [0.15, 0.2) is 48.5 Å². The second-order valence-corrected chi connectivity index (χ2v) is 6.69. The highest BCUT2D eigenvalue weighted by Crippen LogP contribution is 2.24. The van der Waals surface area contributed by atoms with Crippen LogP contribution in [0.1, 0.15) is 17.0 Å². The van der Waals surface area contributed by atoms with Gasteiger partial charge in [-0.25, -0.2) is 9.97 Å². The first-order valence-corrected chi connectivity index (χ1v) is 9.17. The molecule has 0 radical (unpaired) electrons. The molecule has 0 saturated carbocycles. The maximum Gasteiger partial charge on any atom is 0.136 e. The van der Waals surface area contributed by atoms with Crippen molar-refractivity contribution < 1.29 is 4.74 Å². The largest absolute Gasteiger partial charge is 0.496 e. The van der Waals surface area contributed by atoms with Gasteiger partial charge in [0.1, 0.15) is 23.2 Å². The van der Waals surface area contributed by atoms with Crippen molar-refractivity contribution in [2.24, 2.45) is 0 Å². The summed E-state index contributed by atoms with van der Waals surface area (Å²) in [5, 5.41) is 7.37. The first kappa shape index (κ1) is 19.0. The fourth-order valence-electron chi connectivity index (χ4n) is 2.82. The van der Waals surface area contributed by atoms with Crippen LogP contribution >= 0.6 is 11.6 Å². The number of ether oxygens (including phenoxy) is 1. The molecule has 0 fully saturated rings. The number of halogens is 1. The zero-order chi connectivity index (χ0) is 19.2.